The van der Waals surface area contributed by atoms with Crippen molar-refractivity contribution >= 4 is 32.7 Å². The highest BCUT2D eigenvalue weighted by Crippen LogP contribution is 2.53. The summed E-state index contributed by atoms with van der Waals surface area (Å²) < 4.78 is 13.9. The molecule has 5 heteroatoms. The summed E-state index contributed by atoms with van der Waals surface area (Å²) in [6, 6.07) is 83.9. The summed E-state index contributed by atoms with van der Waals surface area (Å²) in [6.45, 7) is 20.7. The van der Waals surface area contributed by atoms with Gasteiger partial charge in [0.05, 0.1) is 33.6 Å². The van der Waals surface area contributed by atoms with Crippen molar-refractivity contribution in [2.75, 3.05) is 0 Å². The molecule has 0 fully saturated rings. The van der Waals surface area contributed by atoms with Crippen molar-refractivity contribution in [2.45, 2.75) is 78.6 Å². The number of hydrogen-bond donors (Lipinski definition) is 0. The van der Waals surface area contributed by atoms with E-state index in [0.717, 1.165) is 72.8 Å². The zero-order valence-electron chi connectivity index (χ0n) is 48.7. The minimum absolute atomic E-state index is 0.0708. The van der Waals surface area contributed by atoms with Gasteiger partial charge < -0.3 is 4.74 Å². The zero-order chi connectivity index (χ0) is 56.9. The number of nitrogens with zero attached hydrogens (tertiary/aromatic N) is 4. The first-order valence-electron chi connectivity index (χ1n) is 29.0. The molecule has 83 heavy (non-hydrogen) atoms. The predicted octanol–water partition coefficient (Wildman–Crippen LogP) is 20.2. The standard InChI is InChI=1S/C78H66N4O/c1-76(2,3)55-40-41-79-71(46-55)82-70-48-60(38-39-66(70)73-67-35-19-25-51-24-18-34-64(72(51)67)63-30-13-14-31-65(63)75(73)82)83-59-29-20-28-58(47-59)80-49-81(69-37-16-15-36-68(69)80)74-61(53-27-17-26-52(42-53)50-22-11-10-12-23-50)32-21-33-62(74)54-43-56(77(4,5)6)45-57(44-54)78(7,8)9/h10-48H,1-9H3. The zero-order valence-corrected chi connectivity index (χ0v) is 48.7. The predicted molar refractivity (Wildman–Crippen MR) is 345 cm³/mol. The van der Waals surface area contributed by atoms with Crippen molar-refractivity contribution in [1.29, 1.82) is 0 Å². The highest BCUT2D eigenvalue weighted by atomic mass is 16.5. The normalized spacial score (nSPS) is 12.4. The molecule has 0 unspecified atom stereocenters. The van der Waals surface area contributed by atoms with Gasteiger partial charge in [0.1, 0.15) is 17.3 Å². The Hall–Kier alpha value is -9.58. The minimum atomic E-state index is -0.0905. The molecule has 0 radical (unpaired) electrons. The van der Waals surface area contributed by atoms with Crippen LogP contribution in [0.3, 0.4) is 0 Å². The highest BCUT2D eigenvalue weighted by Gasteiger charge is 2.30. The lowest BCUT2D eigenvalue weighted by Crippen LogP contribution is -2.31. The summed E-state index contributed by atoms with van der Waals surface area (Å²) in [5, 5.41) is 3.60. The van der Waals surface area contributed by atoms with Crippen LogP contribution >= 0.6 is 0 Å². The Morgan fingerprint density at radius 1 is 0.422 bits per heavy atom. The summed E-state index contributed by atoms with van der Waals surface area (Å²) >= 11 is 0. The number of pyridine rings is 1. The highest BCUT2D eigenvalue weighted by molar-refractivity contribution is 6.19. The van der Waals surface area contributed by atoms with Gasteiger partial charge in [-0.3, -0.25) is 13.7 Å². The van der Waals surface area contributed by atoms with E-state index in [1.807, 2.05) is 12.3 Å². The van der Waals surface area contributed by atoms with Crippen molar-refractivity contribution < 1.29 is 9.30 Å². The Kier molecular flexibility index (Phi) is 12.2. The summed E-state index contributed by atoms with van der Waals surface area (Å²) in [4.78, 5) is 5.16. The summed E-state index contributed by atoms with van der Waals surface area (Å²) in [7, 11) is 0. The van der Waals surface area contributed by atoms with E-state index < -0.39 is 0 Å². The minimum Gasteiger partial charge on any atom is -0.458 e. The van der Waals surface area contributed by atoms with Gasteiger partial charge in [-0.25, -0.2) is 4.98 Å². The maximum Gasteiger partial charge on any atom is 0.269 e. The Morgan fingerprint density at radius 3 is 1.78 bits per heavy atom. The van der Waals surface area contributed by atoms with Gasteiger partial charge in [-0.15, -0.1) is 0 Å². The molecule has 10 aromatic carbocycles. The van der Waals surface area contributed by atoms with Crippen LogP contribution in [0.1, 0.15) is 79.0 Å². The molecule has 404 valence electrons. The molecular formula is C78H66N4O. The van der Waals surface area contributed by atoms with E-state index >= 15 is 0 Å². The van der Waals surface area contributed by atoms with Gasteiger partial charge >= 0.3 is 0 Å². The monoisotopic (exact) mass is 1070 g/mol. The molecule has 0 amide bonds. The van der Waals surface area contributed by atoms with E-state index in [-0.39, 0.29) is 16.2 Å². The molecule has 0 atom stereocenters. The third-order valence-corrected chi connectivity index (χ3v) is 16.8. The molecule has 5 nitrogen and oxygen atoms in total. The summed E-state index contributed by atoms with van der Waals surface area (Å²) in [6.07, 6.45) is 5.92. The molecule has 13 aromatic rings. The molecule has 1 aliphatic carbocycles. The Labute approximate surface area is 487 Å². The number of rotatable bonds is 8. The van der Waals surface area contributed by atoms with E-state index in [9.17, 15) is 0 Å². The van der Waals surface area contributed by atoms with Gasteiger partial charge in [-0.1, -0.05) is 238 Å². The second-order valence-electron chi connectivity index (χ2n) is 25.5. The van der Waals surface area contributed by atoms with Gasteiger partial charge in [0.15, 0.2) is 0 Å². The van der Waals surface area contributed by atoms with Crippen molar-refractivity contribution in [2.24, 2.45) is 0 Å². The van der Waals surface area contributed by atoms with Gasteiger partial charge in [0.25, 0.3) is 6.33 Å². The van der Waals surface area contributed by atoms with Crippen LogP contribution in [-0.2, 0) is 16.2 Å². The maximum absolute atomic E-state index is 7.07. The fourth-order valence-corrected chi connectivity index (χ4v) is 12.4. The maximum atomic E-state index is 7.07. The Morgan fingerprint density at radius 2 is 1.02 bits per heavy atom. The lowest BCUT2D eigenvalue weighted by atomic mass is 9.78. The molecule has 0 saturated heterocycles. The Bertz CT molecular complexity index is 4670. The molecule has 0 aliphatic heterocycles. The summed E-state index contributed by atoms with van der Waals surface area (Å²) in [5.41, 5.74) is 22.6. The number of aromatic nitrogens is 4. The van der Waals surface area contributed by atoms with Crippen LogP contribution in [-0.4, -0.2) is 14.1 Å². The van der Waals surface area contributed by atoms with Crippen molar-refractivity contribution in [1.82, 2.24) is 14.1 Å². The van der Waals surface area contributed by atoms with Gasteiger partial charge in [0, 0.05) is 28.8 Å². The third kappa shape index (κ3) is 9.03. The second kappa shape index (κ2) is 19.6. The largest absolute Gasteiger partial charge is 0.458 e. The molecule has 1 aliphatic rings. The van der Waals surface area contributed by atoms with E-state index in [1.54, 1.807) is 0 Å². The van der Waals surface area contributed by atoms with Crippen molar-refractivity contribution in [3.8, 4) is 95.6 Å². The van der Waals surface area contributed by atoms with Crippen LogP contribution in [0.5, 0.6) is 11.5 Å². The number of ether oxygens (including phenoxy) is 1. The van der Waals surface area contributed by atoms with Crippen LogP contribution in [0.2, 0.25) is 0 Å². The number of hydrogen-bond acceptors (Lipinski definition) is 2. The quantitative estimate of drug-likeness (QED) is 0.112. The number of fused-ring (bicyclic) bond motifs is 8. The Balaban J connectivity index is 0.936. The van der Waals surface area contributed by atoms with Gasteiger partial charge in [-0.05, 0) is 142 Å². The lowest BCUT2D eigenvalue weighted by Gasteiger charge is -2.27. The van der Waals surface area contributed by atoms with E-state index in [4.69, 9.17) is 9.72 Å². The van der Waals surface area contributed by atoms with Crippen LogP contribution in [0.15, 0.2) is 237 Å². The smallest absolute Gasteiger partial charge is 0.269 e. The topological polar surface area (TPSA) is 35.9 Å². The molecular weight excluding hydrogens is 1010 g/mol. The van der Waals surface area contributed by atoms with Crippen molar-refractivity contribution in [3.05, 3.63) is 260 Å². The van der Waals surface area contributed by atoms with Crippen LogP contribution in [0.4, 0.5) is 0 Å². The van der Waals surface area contributed by atoms with Crippen LogP contribution in [0.25, 0.3) is 117 Å². The fourth-order valence-electron chi connectivity index (χ4n) is 12.4. The second-order valence-corrected chi connectivity index (χ2v) is 25.5. The summed E-state index contributed by atoms with van der Waals surface area (Å²) in [5.74, 6) is 2.30. The van der Waals surface area contributed by atoms with Crippen molar-refractivity contribution in [3.63, 3.8) is 0 Å². The molecule has 0 saturated carbocycles. The lowest BCUT2D eigenvalue weighted by molar-refractivity contribution is -0.571. The van der Waals surface area contributed by atoms with E-state index in [1.165, 1.54) is 66.4 Å². The average molecular weight is 1080 g/mol. The number of imidazole rings is 1. The number of para-hydroxylation sites is 3. The molecule has 3 aromatic heterocycles. The van der Waals surface area contributed by atoms with E-state index in [0.29, 0.717) is 5.75 Å². The van der Waals surface area contributed by atoms with Gasteiger partial charge in [0.2, 0.25) is 0 Å². The SMILES string of the molecule is CC(C)(C)c1cc(-c2cccc(-c3cccc(-c4ccccc4)c3)c2-[n+]2[c-]n(-c3cccc(Oc4ccc5c6c(n(-c7cc(C(C)(C)C)ccn7)c5c4)-c4ccccc4-c4cccc5cccc-6c45)c3)c3ccccc32)cc(C(C)(C)C)c1. The molecule has 0 spiro atoms. The first kappa shape index (κ1) is 51.6. The van der Waals surface area contributed by atoms with E-state index in [2.05, 4.69) is 307 Å². The van der Waals surface area contributed by atoms with Crippen LogP contribution < -0.4 is 9.30 Å². The molecule has 14 rings (SSSR count). The molecule has 0 N–H and O–H groups in total. The first-order chi connectivity index (χ1) is 40.0. The first-order valence-corrected chi connectivity index (χ1v) is 29.0. The molecule has 3 heterocycles. The average Bonchev–Trinajstić information content (AvgIpc) is 2.09. The fraction of sp³-hybridized carbons (Fsp3) is 0.154. The number of benzene rings is 10. The third-order valence-electron chi connectivity index (χ3n) is 16.8. The van der Waals surface area contributed by atoms with Crippen LogP contribution in [0, 0.1) is 6.33 Å². The molecule has 0 bridgehead atoms. The van der Waals surface area contributed by atoms with Gasteiger partial charge in [-0.2, -0.15) is 0 Å².